The molecule has 1 saturated heterocycles. The van der Waals surface area contributed by atoms with Gasteiger partial charge >= 0.3 is 5.97 Å². The third kappa shape index (κ3) is 4.00. The van der Waals surface area contributed by atoms with E-state index in [1.54, 1.807) is 11.8 Å². The van der Waals surface area contributed by atoms with Crippen LogP contribution in [0.3, 0.4) is 0 Å². The van der Waals surface area contributed by atoms with E-state index >= 15 is 0 Å². The summed E-state index contributed by atoms with van der Waals surface area (Å²) in [6, 6.07) is 0. The van der Waals surface area contributed by atoms with Crippen LogP contribution in [-0.4, -0.2) is 47.7 Å². The zero-order valence-corrected chi connectivity index (χ0v) is 10.5. The minimum absolute atomic E-state index is 0.0579. The second-order valence-corrected chi connectivity index (χ2v) is 4.53. The molecular weight excluding hydrogens is 222 g/mol. The first-order chi connectivity index (χ1) is 8.06. The molecule has 0 aromatic carbocycles. The maximum Gasteiger partial charge on any atom is 0.308 e. The summed E-state index contributed by atoms with van der Waals surface area (Å²) in [7, 11) is 0. The van der Waals surface area contributed by atoms with Gasteiger partial charge in [0.1, 0.15) is 6.10 Å². The van der Waals surface area contributed by atoms with Crippen LogP contribution < -0.4 is 0 Å². The van der Waals surface area contributed by atoms with Gasteiger partial charge in [-0.05, 0) is 19.3 Å². The standard InChI is InChI=1S/C12H21NO4/c1-3-6-13(8-9(2)12(15)16)11(14)10-5-4-7-17-10/h9-10H,3-8H2,1-2H3,(H,15,16). The fraction of sp³-hybridized carbons (Fsp3) is 0.833. The van der Waals surface area contributed by atoms with Gasteiger partial charge in [0.2, 0.25) is 0 Å². The zero-order chi connectivity index (χ0) is 12.8. The molecule has 98 valence electrons. The van der Waals surface area contributed by atoms with Gasteiger partial charge in [-0.25, -0.2) is 0 Å². The van der Waals surface area contributed by atoms with Crippen molar-refractivity contribution < 1.29 is 19.4 Å². The molecule has 1 fully saturated rings. The maximum atomic E-state index is 12.1. The lowest BCUT2D eigenvalue weighted by Gasteiger charge is -2.26. The third-order valence-electron chi connectivity index (χ3n) is 2.93. The Morgan fingerprint density at radius 3 is 2.71 bits per heavy atom. The quantitative estimate of drug-likeness (QED) is 0.759. The number of hydrogen-bond acceptors (Lipinski definition) is 3. The minimum Gasteiger partial charge on any atom is -0.481 e. The Morgan fingerprint density at radius 2 is 2.24 bits per heavy atom. The van der Waals surface area contributed by atoms with Crippen molar-refractivity contribution in [3.63, 3.8) is 0 Å². The van der Waals surface area contributed by atoms with E-state index in [9.17, 15) is 9.59 Å². The lowest BCUT2D eigenvalue weighted by Crippen LogP contribution is -2.42. The molecule has 1 amide bonds. The molecule has 0 spiro atoms. The highest BCUT2D eigenvalue weighted by atomic mass is 16.5. The summed E-state index contributed by atoms with van der Waals surface area (Å²) in [6.45, 7) is 5.08. The molecule has 0 bridgehead atoms. The zero-order valence-electron chi connectivity index (χ0n) is 10.5. The molecule has 0 aromatic heterocycles. The monoisotopic (exact) mass is 243 g/mol. The minimum atomic E-state index is -0.869. The molecule has 1 heterocycles. The summed E-state index contributed by atoms with van der Waals surface area (Å²) in [5.41, 5.74) is 0. The van der Waals surface area contributed by atoms with E-state index in [1.807, 2.05) is 6.92 Å². The fourth-order valence-electron chi connectivity index (χ4n) is 1.95. The summed E-state index contributed by atoms with van der Waals surface area (Å²) in [5, 5.41) is 8.88. The van der Waals surface area contributed by atoms with Crippen LogP contribution in [0.15, 0.2) is 0 Å². The number of rotatable bonds is 6. The number of carbonyl (C=O) groups is 2. The molecule has 2 unspecified atom stereocenters. The number of aliphatic carboxylic acids is 1. The molecule has 17 heavy (non-hydrogen) atoms. The first-order valence-corrected chi connectivity index (χ1v) is 6.19. The van der Waals surface area contributed by atoms with Crippen molar-refractivity contribution in [1.29, 1.82) is 0 Å². The van der Waals surface area contributed by atoms with Gasteiger partial charge in [0.25, 0.3) is 5.91 Å². The van der Waals surface area contributed by atoms with E-state index in [2.05, 4.69) is 0 Å². The van der Waals surface area contributed by atoms with Crippen molar-refractivity contribution in [3.05, 3.63) is 0 Å². The molecule has 5 heteroatoms. The molecule has 1 aliphatic heterocycles. The predicted molar refractivity (Wildman–Crippen MR) is 62.6 cm³/mol. The van der Waals surface area contributed by atoms with Crippen LogP contribution >= 0.6 is 0 Å². The van der Waals surface area contributed by atoms with Crippen LogP contribution in [0.2, 0.25) is 0 Å². The molecule has 0 saturated carbocycles. The van der Waals surface area contributed by atoms with E-state index in [0.29, 0.717) is 13.2 Å². The van der Waals surface area contributed by atoms with Crippen molar-refractivity contribution in [3.8, 4) is 0 Å². The summed E-state index contributed by atoms with van der Waals surface area (Å²) >= 11 is 0. The van der Waals surface area contributed by atoms with Gasteiger partial charge in [-0.3, -0.25) is 9.59 Å². The Bertz CT molecular complexity index is 274. The normalized spacial score (nSPS) is 21.2. The van der Waals surface area contributed by atoms with Gasteiger partial charge in [-0.1, -0.05) is 13.8 Å². The molecule has 0 radical (unpaired) electrons. The Morgan fingerprint density at radius 1 is 1.53 bits per heavy atom. The van der Waals surface area contributed by atoms with Gasteiger partial charge < -0.3 is 14.7 Å². The molecule has 1 aliphatic rings. The third-order valence-corrected chi connectivity index (χ3v) is 2.93. The van der Waals surface area contributed by atoms with Gasteiger partial charge in [-0.2, -0.15) is 0 Å². The lowest BCUT2D eigenvalue weighted by molar-refractivity contribution is -0.146. The predicted octanol–water partition coefficient (Wildman–Crippen LogP) is 1.12. The van der Waals surface area contributed by atoms with Crippen LogP contribution in [0, 0.1) is 5.92 Å². The molecule has 1 N–H and O–H groups in total. The summed E-state index contributed by atoms with van der Waals surface area (Å²) < 4.78 is 5.35. The van der Waals surface area contributed by atoms with Gasteiger partial charge in [0.05, 0.1) is 5.92 Å². The highest BCUT2D eigenvalue weighted by Gasteiger charge is 2.29. The second-order valence-electron chi connectivity index (χ2n) is 4.53. The van der Waals surface area contributed by atoms with Crippen molar-refractivity contribution in [2.24, 2.45) is 5.92 Å². The molecule has 1 rings (SSSR count). The first kappa shape index (κ1) is 14.0. The van der Waals surface area contributed by atoms with E-state index in [0.717, 1.165) is 19.3 Å². The number of ether oxygens (including phenoxy) is 1. The van der Waals surface area contributed by atoms with E-state index in [4.69, 9.17) is 9.84 Å². The molecule has 0 aromatic rings. The molecule has 5 nitrogen and oxygen atoms in total. The first-order valence-electron chi connectivity index (χ1n) is 6.19. The van der Waals surface area contributed by atoms with Crippen LogP contribution in [0.4, 0.5) is 0 Å². The van der Waals surface area contributed by atoms with E-state index < -0.39 is 11.9 Å². The lowest BCUT2D eigenvalue weighted by atomic mass is 10.1. The average Bonchev–Trinajstić information content (AvgIpc) is 2.80. The van der Waals surface area contributed by atoms with Crippen LogP contribution in [-0.2, 0) is 14.3 Å². The van der Waals surface area contributed by atoms with Crippen LogP contribution in [0.5, 0.6) is 0 Å². The Kier molecular flexibility index (Phi) is 5.41. The second kappa shape index (κ2) is 6.59. The van der Waals surface area contributed by atoms with Gasteiger partial charge in [0.15, 0.2) is 0 Å². The topological polar surface area (TPSA) is 66.8 Å². The summed E-state index contributed by atoms with van der Waals surface area (Å²) in [5.74, 6) is -1.46. The van der Waals surface area contributed by atoms with Gasteiger partial charge in [0, 0.05) is 19.7 Å². The molecule has 2 atom stereocenters. The number of carboxylic acid groups (broad SMARTS) is 1. The Hall–Kier alpha value is -1.10. The number of carboxylic acids is 1. The molecule has 0 aliphatic carbocycles. The smallest absolute Gasteiger partial charge is 0.308 e. The number of carbonyl (C=O) groups excluding carboxylic acids is 1. The Labute approximate surface area is 102 Å². The largest absolute Gasteiger partial charge is 0.481 e. The van der Waals surface area contributed by atoms with E-state index in [-0.39, 0.29) is 18.6 Å². The fourth-order valence-corrected chi connectivity index (χ4v) is 1.95. The highest BCUT2D eigenvalue weighted by molar-refractivity contribution is 5.81. The van der Waals surface area contributed by atoms with Crippen molar-refractivity contribution in [1.82, 2.24) is 4.90 Å². The van der Waals surface area contributed by atoms with Crippen molar-refractivity contribution >= 4 is 11.9 Å². The van der Waals surface area contributed by atoms with Crippen molar-refractivity contribution in [2.75, 3.05) is 19.7 Å². The maximum absolute atomic E-state index is 12.1. The number of hydrogen-bond donors (Lipinski definition) is 1. The SMILES string of the molecule is CCCN(CC(C)C(=O)O)C(=O)C1CCCO1. The van der Waals surface area contributed by atoms with Gasteiger partial charge in [-0.15, -0.1) is 0 Å². The summed E-state index contributed by atoms with van der Waals surface area (Å²) in [4.78, 5) is 24.5. The summed E-state index contributed by atoms with van der Waals surface area (Å²) in [6.07, 6.45) is 2.12. The molecular formula is C12H21NO4. The van der Waals surface area contributed by atoms with Crippen molar-refractivity contribution in [2.45, 2.75) is 39.2 Å². The number of amides is 1. The highest BCUT2D eigenvalue weighted by Crippen LogP contribution is 2.16. The number of nitrogens with zero attached hydrogens (tertiary/aromatic N) is 1. The van der Waals surface area contributed by atoms with E-state index in [1.165, 1.54) is 0 Å². The Balaban J connectivity index is 2.57. The van der Waals surface area contributed by atoms with Crippen LogP contribution in [0.1, 0.15) is 33.1 Å². The average molecular weight is 243 g/mol. The van der Waals surface area contributed by atoms with Crippen LogP contribution in [0.25, 0.3) is 0 Å².